The van der Waals surface area contributed by atoms with Crippen molar-refractivity contribution in [2.75, 3.05) is 6.61 Å². The maximum absolute atomic E-state index is 13.1. The van der Waals surface area contributed by atoms with Gasteiger partial charge >= 0.3 is 0 Å². The monoisotopic (exact) mass is 405 g/mol. The van der Waals surface area contributed by atoms with Crippen LogP contribution >= 0.6 is 0 Å². The van der Waals surface area contributed by atoms with Crippen molar-refractivity contribution in [1.82, 2.24) is 4.31 Å². The lowest BCUT2D eigenvalue weighted by atomic mass is 10.0. The number of hydrogen-bond acceptors (Lipinski definition) is 3. The summed E-state index contributed by atoms with van der Waals surface area (Å²) in [4.78, 5) is 0.343. The largest absolute Gasteiger partial charge is 0.413 e. The topological polar surface area (TPSA) is 46.6 Å². The molecule has 2 aliphatic rings. The van der Waals surface area contributed by atoms with E-state index in [0.717, 1.165) is 12.0 Å². The third-order valence-corrected chi connectivity index (χ3v) is 12.5. The van der Waals surface area contributed by atoms with Crippen LogP contribution in [0.25, 0.3) is 0 Å². The van der Waals surface area contributed by atoms with Crippen molar-refractivity contribution < 1.29 is 12.8 Å². The summed E-state index contributed by atoms with van der Waals surface area (Å²) in [6.45, 7) is 13.7. The Morgan fingerprint density at radius 3 is 2.41 bits per heavy atom. The predicted molar refractivity (Wildman–Crippen MR) is 112 cm³/mol. The maximum atomic E-state index is 13.1. The first-order chi connectivity index (χ1) is 12.4. The van der Waals surface area contributed by atoms with E-state index in [9.17, 15) is 8.42 Å². The van der Waals surface area contributed by atoms with Gasteiger partial charge in [0, 0.05) is 12.1 Å². The fourth-order valence-electron chi connectivity index (χ4n) is 3.25. The first kappa shape index (κ1) is 20.4. The van der Waals surface area contributed by atoms with E-state index in [4.69, 9.17) is 4.43 Å². The fourth-order valence-corrected chi connectivity index (χ4v) is 5.67. The zero-order chi connectivity index (χ0) is 20.0. The minimum absolute atomic E-state index is 0.121. The molecule has 1 aromatic rings. The lowest BCUT2D eigenvalue weighted by molar-refractivity contribution is 0.309. The van der Waals surface area contributed by atoms with Crippen LogP contribution < -0.4 is 0 Å². The average Bonchev–Trinajstić information content (AvgIpc) is 2.87. The van der Waals surface area contributed by atoms with E-state index in [1.165, 1.54) is 9.88 Å². The fraction of sp³-hybridized carbons (Fsp3) is 0.524. The lowest BCUT2D eigenvalue weighted by Crippen LogP contribution is -2.41. The summed E-state index contributed by atoms with van der Waals surface area (Å²) in [5, 5.41) is 0.165. The molecule has 0 N–H and O–H groups in total. The summed E-state index contributed by atoms with van der Waals surface area (Å²) in [6.07, 6.45) is 6.65. The highest BCUT2D eigenvalue weighted by Gasteiger charge is 2.40. The summed E-state index contributed by atoms with van der Waals surface area (Å²) in [5.74, 6) is 0.282. The van der Waals surface area contributed by atoms with E-state index in [2.05, 4.69) is 39.9 Å². The molecule has 27 heavy (non-hydrogen) atoms. The predicted octanol–water partition coefficient (Wildman–Crippen LogP) is 4.85. The molecule has 1 aromatic carbocycles. The SMILES string of the molecule is Cc1ccc(S(=O)(=O)N2C=C[C@@H]3C[C@H]2C=C3CO[Si](C)(C)C(C)(C)C)cc1. The van der Waals surface area contributed by atoms with Crippen LogP contribution in [-0.4, -0.2) is 33.7 Å². The van der Waals surface area contributed by atoms with Crippen molar-refractivity contribution in [2.24, 2.45) is 5.92 Å². The Kier molecular flexibility index (Phi) is 5.21. The summed E-state index contributed by atoms with van der Waals surface area (Å²) < 4.78 is 34.0. The Balaban J connectivity index is 1.78. The molecule has 148 valence electrons. The molecule has 1 aliphatic heterocycles. The van der Waals surface area contributed by atoms with Gasteiger partial charge in [0.05, 0.1) is 17.5 Å². The van der Waals surface area contributed by atoms with Crippen LogP contribution in [0.2, 0.25) is 18.1 Å². The zero-order valence-electron chi connectivity index (χ0n) is 17.2. The first-order valence-corrected chi connectivity index (χ1v) is 13.9. The number of fused-ring (bicyclic) bond motifs is 2. The average molecular weight is 406 g/mol. The molecule has 4 nitrogen and oxygen atoms in total. The van der Waals surface area contributed by atoms with Gasteiger partial charge in [0.25, 0.3) is 10.0 Å². The maximum Gasteiger partial charge on any atom is 0.264 e. The second-order valence-corrected chi connectivity index (χ2v) is 15.8. The van der Waals surface area contributed by atoms with Gasteiger partial charge in [-0.25, -0.2) is 8.42 Å². The number of benzene rings is 1. The minimum atomic E-state index is -3.53. The number of allylic oxidation sites excluding steroid dienone is 1. The van der Waals surface area contributed by atoms with E-state index in [1.54, 1.807) is 18.3 Å². The van der Waals surface area contributed by atoms with Crippen molar-refractivity contribution in [1.29, 1.82) is 0 Å². The van der Waals surface area contributed by atoms with Crippen LogP contribution in [0.4, 0.5) is 0 Å². The second-order valence-electron chi connectivity index (χ2n) is 9.19. The van der Waals surface area contributed by atoms with Gasteiger partial charge in [-0.15, -0.1) is 0 Å². The van der Waals surface area contributed by atoms with Gasteiger partial charge in [0.1, 0.15) is 0 Å². The van der Waals surface area contributed by atoms with Crippen LogP contribution in [0.1, 0.15) is 32.8 Å². The molecule has 0 amide bonds. The van der Waals surface area contributed by atoms with E-state index in [0.29, 0.717) is 11.5 Å². The molecule has 6 heteroatoms. The van der Waals surface area contributed by atoms with Crippen LogP contribution in [0.15, 0.2) is 53.1 Å². The smallest absolute Gasteiger partial charge is 0.264 e. The van der Waals surface area contributed by atoms with Crippen molar-refractivity contribution in [3.8, 4) is 0 Å². The first-order valence-electron chi connectivity index (χ1n) is 9.55. The van der Waals surface area contributed by atoms with Crippen LogP contribution in [0.5, 0.6) is 0 Å². The highest BCUT2D eigenvalue weighted by atomic mass is 32.2. The van der Waals surface area contributed by atoms with E-state index >= 15 is 0 Å². The number of rotatable bonds is 5. The summed E-state index contributed by atoms with van der Waals surface area (Å²) in [6, 6.07) is 6.93. The van der Waals surface area contributed by atoms with Crippen LogP contribution in [0.3, 0.4) is 0 Å². The van der Waals surface area contributed by atoms with E-state index in [-0.39, 0.29) is 17.0 Å². The van der Waals surface area contributed by atoms with Gasteiger partial charge in [-0.05, 0) is 49.2 Å². The van der Waals surface area contributed by atoms with Gasteiger partial charge in [0.2, 0.25) is 0 Å². The molecule has 1 heterocycles. The lowest BCUT2D eigenvalue weighted by Gasteiger charge is -2.36. The summed E-state index contributed by atoms with van der Waals surface area (Å²) in [5.41, 5.74) is 2.26. The van der Waals surface area contributed by atoms with E-state index in [1.807, 2.05) is 25.1 Å². The number of aryl methyl sites for hydroxylation is 1. The third-order valence-electron chi connectivity index (χ3n) is 6.17. The van der Waals surface area contributed by atoms with Crippen molar-refractivity contribution in [2.45, 2.75) is 63.2 Å². The highest BCUT2D eigenvalue weighted by molar-refractivity contribution is 7.89. The molecular formula is C21H31NO3SSi. The normalized spacial score (nSPS) is 22.9. The Bertz CT molecular complexity index is 864. The minimum Gasteiger partial charge on any atom is -0.413 e. The van der Waals surface area contributed by atoms with Gasteiger partial charge < -0.3 is 4.43 Å². The van der Waals surface area contributed by atoms with Gasteiger partial charge in [-0.3, -0.25) is 4.31 Å². The molecular weight excluding hydrogens is 374 g/mol. The van der Waals surface area contributed by atoms with Gasteiger partial charge in [0.15, 0.2) is 8.32 Å². The standard InChI is InChI=1S/C21H31NO3SSi/c1-16-7-9-20(10-8-16)26(23,24)22-12-11-17-13-19(22)14-18(17)15-25-27(5,6)21(2,3)4/h7-12,14,17,19H,13,15H2,1-6H3/t17-,19+/m1/s1. The molecule has 0 radical (unpaired) electrons. The number of sulfonamides is 1. The quantitative estimate of drug-likeness (QED) is 0.520. The molecule has 0 aromatic heterocycles. The van der Waals surface area contributed by atoms with E-state index < -0.39 is 18.3 Å². The molecule has 0 saturated heterocycles. The summed E-state index contributed by atoms with van der Waals surface area (Å²) >= 11 is 0. The molecule has 3 rings (SSSR count). The second kappa shape index (κ2) is 6.90. The van der Waals surface area contributed by atoms with Gasteiger partial charge in [-0.1, -0.05) is 50.6 Å². The molecule has 1 aliphatic carbocycles. The Labute approximate surface area is 165 Å². The Morgan fingerprint density at radius 1 is 1.19 bits per heavy atom. The van der Waals surface area contributed by atoms with Gasteiger partial charge in [-0.2, -0.15) is 0 Å². The van der Waals surface area contributed by atoms with Crippen LogP contribution in [0, 0.1) is 12.8 Å². The van der Waals surface area contributed by atoms with Crippen LogP contribution in [-0.2, 0) is 14.4 Å². The Morgan fingerprint density at radius 2 is 1.81 bits per heavy atom. The third kappa shape index (κ3) is 3.93. The van der Waals surface area contributed by atoms with Crippen molar-refractivity contribution >= 4 is 18.3 Å². The highest BCUT2D eigenvalue weighted by Crippen LogP contribution is 2.40. The molecule has 0 fully saturated rings. The molecule has 0 spiro atoms. The van der Waals surface area contributed by atoms with Crippen molar-refractivity contribution in [3.05, 3.63) is 53.8 Å². The molecule has 0 unspecified atom stereocenters. The van der Waals surface area contributed by atoms with Crippen molar-refractivity contribution in [3.63, 3.8) is 0 Å². The molecule has 2 bridgehead atoms. The zero-order valence-corrected chi connectivity index (χ0v) is 19.0. The number of nitrogens with zero attached hydrogens (tertiary/aromatic N) is 1. The molecule has 0 saturated carbocycles. The summed E-state index contributed by atoms with van der Waals surface area (Å²) in [7, 11) is -5.36. The number of hydrogen-bond donors (Lipinski definition) is 0. The molecule has 2 atom stereocenters. The Hall–Kier alpha value is -1.37.